The zero-order valence-electron chi connectivity index (χ0n) is 9.85. The fraction of sp³-hybridized carbons (Fsp3) is 0.700. The van der Waals surface area contributed by atoms with Crippen LogP contribution in [0.1, 0.15) is 25.7 Å². The first kappa shape index (κ1) is 12.6. The minimum atomic E-state index is -3.30. The van der Waals surface area contributed by atoms with Crippen LogP contribution >= 0.6 is 11.5 Å². The Morgan fingerprint density at radius 2 is 1.82 bits per heavy atom. The number of anilines is 2. The summed E-state index contributed by atoms with van der Waals surface area (Å²) < 4.78 is 27.4. The lowest BCUT2D eigenvalue weighted by Gasteiger charge is -2.21. The molecule has 0 aliphatic carbocycles. The van der Waals surface area contributed by atoms with Gasteiger partial charge in [0.1, 0.15) is 9.90 Å². The van der Waals surface area contributed by atoms with Gasteiger partial charge in [0.2, 0.25) is 0 Å². The first-order valence-corrected chi connectivity index (χ1v) is 8.37. The van der Waals surface area contributed by atoms with Crippen molar-refractivity contribution >= 4 is 32.2 Å². The van der Waals surface area contributed by atoms with Gasteiger partial charge >= 0.3 is 0 Å². The highest BCUT2D eigenvalue weighted by molar-refractivity contribution is 7.91. The first-order chi connectivity index (χ1) is 8.00. The first-order valence-electron chi connectivity index (χ1n) is 5.70. The van der Waals surface area contributed by atoms with Gasteiger partial charge in [-0.05, 0) is 24.4 Å². The summed E-state index contributed by atoms with van der Waals surface area (Å²) in [6, 6.07) is 0. The molecule has 17 heavy (non-hydrogen) atoms. The Kier molecular flexibility index (Phi) is 3.58. The normalized spacial score (nSPS) is 18.1. The van der Waals surface area contributed by atoms with Crippen molar-refractivity contribution in [3.63, 3.8) is 0 Å². The Labute approximate surface area is 106 Å². The molecule has 0 radical (unpaired) electrons. The average molecular weight is 275 g/mol. The van der Waals surface area contributed by atoms with E-state index in [9.17, 15) is 8.42 Å². The standard InChI is InChI=1S/C10H17N3O2S2/c1-17(14,15)8-9(11)12-16-10(8)13-6-4-2-3-5-7-13/h2-7H2,1H3,(H2,11,12). The Hall–Kier alpha value is -0.820. The van der Waals surface area contributed by atoms with Gasteiger partial charge in [0.15, 0.2) is 15.7 Å². The van der Waals surface area contributed by atoms with Crippen molar-refractivity contribution in [2.24, 2.45) is 0 Å². The predicted octanol–water partition coefficient (Wildman–Crippen LogP) is 1.51. The molecule has 0 bridgehead atoms. The number of nitrogens with zero attached hydrogens (tertiary/aromatic N) is 2. The minimum absolute atomic E-state index is 0.136. The number of rotatable bonds is 2. The molecule has 1 saturated heterocycles. The van der Waals surface area contributed by atoms with Crippen molar-refractivity contribution in [3.8, 4) is 0 Å². The molecule has 7 heteroatoms. The van der Waals surface area contributed by atoms with Gasteiger partial charge in [0.25, 0.3) is 0 Å². The van der Waals surface area contributed by atoms with E-state index >= 15 is 0 Å². The van der Waals surface area contributed by atoms with Crippen molar-refractivity contribution in [2.75, 3.05) is 30.0 Å². The van der Waals surface area contributed by atoms with Gasteiger partial charge in [-0.2, -0.15) is 4.37 Å². The summed E-state index contributed by atoms with van der Waals surface area (Å²) in [6.07, 6.45) is 5.80. The molecule has 1 aromatic rings. The molecule has 96 valence electrons. The summed E-state index contributed by atoms with van der Waals surface area (Å²) in [5.41, 5.74) is 5.67. The molecule has 2 heterocycles. The quantitative estimate of drug-likeness (QED) is 0.885. The molecule has 0 unspecified atom stereocenters. The van der Waals surface area contributed by atoms with Crippen molar-refractivity contribution in [1.29, 1.82) is 0 Å². The van der Waals surface area contributed by atoms with Crippen LogP contribution in [0.3, 0.4) is 0 Å². The number of sulfone groups is 1. The van der Waals surface area contributed by atoms with Crippen LogP contribution in [0.5, 0.6) is 0 Å². The van der Waals surface area contributed by atoms with Crippen LogP contribution in [-0.4, -0.2) is 32.1 Å². The second kappa shape index (κ2) is 4.81. The minimum Gasteiger partial charge on any atom is -0.382 e. The van der Waals surface area contributed by atoms with Gasteiger partial charge < -0.3 is 10.6 Å². The molecular formula is C10H17N3O2S2. The van der Waals surface area contributed by atoms with Gasteiger partial charge in [-0.3, -0.25) is 0 Å². The van der Waals surface area contributed by atoms with Crippen LogP contribution in [0.25, 0.3) is 0 Å². The van der Waals surface area contributed by atoms with Crippen LogP contribution in [0.15, 0.2) is 4.90 Å². The molecule has 0 amide bonds. The molecule has 5 nitrogen and oxygen atoms in total. The van der Waals surface area contributed by atoms with Crippen molar-refractivity contribution in [1.82, 2.24) is 4.37 Å². The molecule has 1 fully saturated rings. The summed E-state index contributed by atoms with van der Waals surface area (Å²) >= 11 is 1.19. The van der Waals surface area contributed by atoms with Crippen LogP contribution in [0, 0.1) is 0 Å². The van der Waals surface area contributed by atoms with E-state index in [0.717, 1.165) is 25.9 Å². The maximum Gasteiger partial charge on any atom is 0.182 e. The summed E-state index contributed by atoms with van der Waals surface area (Å²) in [5, 5.41) is 0.715. The lowest BCUT2D eigenvalue weighted by atomic mass is 10.2. The number of hydrogen-bond donors (Lipinski definition) is 1. The Morgan fingerprint density at radius 1 is 1.24 bits per heavy atom. The highest BCUT2D eigenvalue weighted by atomic mass is 32.2. The van der Waals surface area contributed by atoms with Crippen molar-refractivity contribution < 1.29 is 8.42 Å². The zero-order valence-corrected chi connectivity index (χ0v) is 11.5. The van der Waals surface area contributed by atoms with E-state index in [2.05, 4.69) is 9.27 Å². The molecule has 1 aliphatic heterocycles. The Balaban J connectivity index is 2.38. The van der Waals surface area contributed by atoms with E-state index in [-0.39, 0.29) is 10.7 Å². The van der Waals surface area contributed by atoms with Gasteiger partial charge in [0.05, 0.1) is 0 Å². The molecular weight excluding hydrogens is 258 g/mol. The summed E-state index contributed by atoms with van der Waals surface area (Å²) in [5.74, 6) is 0.136. The van der Waals surface area contributed by atoms with Crippen molar-refractivity contribution in [3.05, 3.63) is 0 Å². The van der Waals surface area contributed by atoms with E-state index in [1.54, 1.807) is 0 Å². The molecule has 0 spiro atoms. The largest absolute Gasteiger partial charge is 0.382 e. The molecule has 2 N–H and O–H groups in total. The van der Waals surface area contributed by atoms with Gasteiger partial charge in [-0.15, -0.1) is 0 Å². The number of nitrogens with two attached hydrogens (primary N) is 1. The second-order valence-corrected chi connectivity index (χ2v) is 7.08. The fourth-order valence-corrected chi connectivity index (χ4v) is 4.37. The van der Waals surface area contributed by atoms with E-state index < -0.39 is 9.84 Å². The van der Waals surface area contributed by atoms with Crippen LogP contribution in [0.2, 0.25) is 0 Å². The third-order valence-electron chi connectivity index (χ3n) is 2.92. The van der Waals surface area contributed by atoms with E-state index in [1.165, 1.54) is 30.6 Å². The lowest BCUT2D eigenvalue weighted by molar-refractivity contribution is 0.602. The third kappa shape index (κ3) is 2.71. The van der Waals surface area contributed by atoms with Gasteiger partial charge in [-0.1, -0.05) is 12.8 Å². The maximum absolute atomic E-state index is 11.7. The van der Waals surface area contributed by atoms with Gasteiger partial charge in [0, 0.05) is 19.3 Å². The second-order valence-electron chi connectivity index (χ2n) is 4.38. The van der Waals surface area contributed by atoms with Crippen LogP contribution < -0.4 is 10.6 Å². The monoisotopic (exact) mass is 275 g/mol. The summed E-state index contributed by atoms with van der Waals surface area (Å²) in [7, 11) is -3.30. The average Bonchev–Trinajstić information content (AvgIpc) is 2.50. The lowest BCUT2D eigenvalue weighted by Crippen LogP contribution is -2.24. The van der Waals surface area contributed by atoms with E-state index in [4.69, 9.17) is 5.73 Å². The van der Waals surface area contributed by atoms with Crippen LogP contribution in [-0.2, 0) is 9.84 Å². The topological polar surface area (TPSA) is 76.3 Å². The Morgan fingerprint density at radius 3 is 2.35 bits per heavy atom. The summed E-state index contributed by atoms with van der Waals surface area (Å²) in [6.45, 7) is 1.79. The fourth-order valence-electron chi connectivity index (χ4n) is 2.11. The Bertz CT molecular complexity index is 488. The number of hydrogen-bond acceptors (Lipinski definition) is 6. The molecule has 1 aromatic heterocycles. The predicted molar refractivity (Wildman–Crippen MR) is 70.3 cm³/mol. The maximum atomic E-state index is 11.7. The SMILES string of the molecule is CS(=O)(=O)c1c(N)nsc1N1CCCCCC1. The van der Waals surface area contributed by atoms with Crippen LogP contribution in [0.4, 0.5) is 10.8 Å². The van der Waals surface area contributed by atoms with Crippen molar-refractivity contribution in [2.45, 2.75) is 30.6 Å². The highest BCUT2D eigenvalue weighted by Crippen LogP contribution is 2.35. The molecule has 1 aliphatic rings. The number of aromatic nitrogens is 1. The summed E-state index contributed by atoms with van der Waals surface area (Å²) in [4.78, 5) is 2.32. The zero-order chi connectivity index (χ0) is 12.5. The molecule has 0 atom stereocenters. The smallest absolute Gasteiger partial charge is 0.182 e. The van der Waals surface area contributed by atoms with E-state index in [1.807, 2.05) is 0 Å². The third-order valence-corrected chi connectivity index (χ3v) is 5.12. The molecule has 0 saturated carbocycles. The molecule has 2 rings (SSSR count). The van der Waals surface area contributed by atoms with E-state index in [0.29, 0.717) is 5.00 Å². The molecule has 0 aromatic carbocycles. The number of nitrogen functional groups attached to an aromatic ring is 1. The highest BCUT2D eigenvalue weighted by Gasteiger charge is 2.25. The van der Waals surface area contributed by atoms with Gasteiger partial charge in [-0.25, -0.2) is 8.42 Å².